The zero-order valence-electron chi connectivity index (χ0n) is 12.5. The molecule has 1 aromatic rings. The lowest BCUT2D eigenvalue weighted by Crippen LogP contribution is -2.31. The van der Waals surface area contributed by atoms with Gasteiger partial charge in [-0.15, -0.1) is 0 Å². The van der Waals surface area contributed by atoms with E-state index >= 15 is 0 Å². The van der Waals surface area contributed by atoms with E-state index in [1.54, 1.807) is 23.1 Å². The van der Waals surface area contributed by atoms with Crippen LogP contribution in [0.25, 0.3) is 0 Å². The van der Waals surface area contributed by atoms with E-state index in [4.69, 9.17) is 0 Å². The first kappa shape index (κ1) is 15.8. The summed E-state index contributed by atoms with van der Waals surface area (Å²) in [6.07, 6.45) is 1.33. The van der Waals surface area contributed by atoms with Crippen LogP contribution in [0.4, 0.5) is 11.4 Å². The molecule has 0 spiro atoms. The van der Waals surface area contributed by atoms with Gasteiger partial charge in [0.2, 0.25) is 5.91 Å². The summed E-state index contributed by atoms with van der Waals surface area (Å²) in [5.41, 5.74) is 2.20. The minimum absolute atomic E-state index is 0.0684. The average Bonchev–Trinajstić information content (AvgIpc) is 2.74. The van der Waals surface area contributed by atoms with Crippen LogP contribution in [0.5, 0.6) is 0 Å². The Morgan fingerprint density at radius 3 is 2.71 bits per heavy atom. The van der Waals surface area contributed by atoms with Gasteiger partial charge in [0.1, 0.15) is 0 Å². The summed E-state index contributed by atoms with van der Waals surface area (Å²) in [5, 5.41) is 0. The van der Waals surface area contributed by atoms with Crippen molar-refractivity contribution in [2.75, 3.05) is 23.2 Å². The molecule has 1 aliphatic heterocycles. The second-order valence-corrected chi connectivity index (χ2v) is 6.97. The van der Waals surface area contributed by atoms with E-state index in [2.05, 4.69) is 23.3 Å². The second-order valence-electron chi connectivity index (χ2n) is 5.35. The van der Waals surface area contributed by atoms with E-state index in [0.717, 1.165) is 17.7 Å². The number of rotatable bonds is 6. The van der Waals surface area contributed by atoms with Gasteiger partial charge < -0.3 is 4.90 Å². The van der Waals surface area contributed by atoms with Crippen molar-refractivity contribution in [1.29, 1.82) is 0 Å². The van der Waals surface area contributed by atoms with Gasteiger partial charge in [-0.3, -0.25) is 9.52 Å². The van der Waals surface area contributed by atoms with Crippen LogP contribution in [0.3, 0.4) is 0 Å². The molecule has 1 aliphatic rings. The number of carbonyl (C=O) groups excluding carboxylic acids is 1. The fourth-order valence-corrected chi connectivity index (χ4v) is 2.83. The Bertz CT molecular complexity index is 643. The molecule has 1 amide bonds. The molecular weight excluding hydrogens is 290 g/mol. The fraction of sp³-hybridized carbons (Fsp3) is 0.500. The average molecular weight is 311 g/mol. The second kappa shape index (κ2) is 6.03. The van der Waals surface area contributed by atoms with Gasteiger partial charge in [-0.25, -0.2) is 4.72 Å². The van der Waals surface area contributed by atoms with E-state index in [1.807, 2.05) is 0 Å². The largest absolute Gasteiger partial charge is 0.312 e. The van der Waals surface area contributed by atoms with Crippen LogP contribution < -0.4 is 14.3 Å². The van der Waals surface area contributed by atoms with Gasteiger partial charge in [0.15, 0.2) is 0 Å². The van der Waals surface area contributed by atoms with Crippen molar-refractivity contribution < 1.29 is 13.2 Å². The van der Waals surface area contributed by atoms with Gasteiger partial charge in [-0.05, 0) is 29.7 Å². The maximum absolute atomic E-state index is 12.1. The predicted molar refractivity (Wildman–Crippen MR) is 83.6 cm³/mol. The van der Waals surface area contributed by atoms with Crippen LogP contribution in [0.15, 0.2) is 18.2 Å². The maximum atomic E-state index is 12.1. The minimum Gasteiger partial charge on any atom is -0.312 e. The van der Waals surface area contributed by atoms with Crippen molar-refractivity contribution in [1.82, 2.24) is 4.72 Å². The Labute approximate surface area is 125 Å². The van der Waals surface area contributed by atoms with Crippen molar-refractivity contribution >= 4 is 27.5 Å². The fourth-order valence-electron chi connectivity index (χ4n) is 2.29. The molecule has 1 aromatic carbocycles. The lowest BCUT2D eigenvalue weighted by Gasteiger charge is -2.21. The highest BCUT2D eigenvalue weighted by atomic mass is 32.2. The maximum Gasteiger partial charge on any atom is 0.298 e. The van der Waals surface area contributed by atoms with Crippen molar-refractivity contribution in [3.63, 3.8) is 0 Å². The zero-order valence-corrected chi connectivity index (χ0v) is 13.3. The smallest absolute Gasteiger partial charge is 0.298 e. The molecule has 0 aliphatic carbocycles. The molecule has 2 N–H and O–H groups in total. The highest BCUT2D eigenvalue weighted by Gasteiger charge is 2.28. The van der Waals surface area contributed by atoms with Crippen molar-refractivity contribution in [3.8, 4) is 0 Å². The lowest BCUT2D eigenvalue weighted by molar-refractivity contribution is -0.117. The monoisotopic (exact) mass is 311 g/mol. The van der Waals surface area contributed by atoms with Gasteiger partial charge in [-0.1, -0.05) is 20.3 Å². The van der Waals surface area contributed by atoms with Crippen molar-refractivity contribution in [3.05, 3.63) is 23.8 Å². The molecule has 1 heterocycles. The molecule has 0 saturated carbocycles. The number of anilines is 2. The van der Waals surface area contributed by atoms with Crippen LogP contribution in [-0.4, -0.2) is 27.9 Å². The Morgan fingerprint density at radius 2 is 2.10 bits per heavy atom. The number of nitrogens with zero attached hydrogens (tertiary/aromatic N) is 1. The number of carbonyl (C=O) groups is 1. The van der Waals surface area contributed by atoms with Crippen LogP contribution >= 0.6 is 0 Å². The first-order chi connectivity index (χ1) is 9.86. The molecule has 6 nitrogen and oxygen atoms in total. The number of benzene rings is 1. The quantitative estimate of drug-likeness (QED) is 0.835. The molecule has 0 fully saturated rings. The Morgan fingerprint density at radius 1 is 1.38 bits per heavy atom. The van der Waals surface area contributed by atoms with Gasteiger partial charge in [-0.2, -0.15) is 8.42 Å². The van der Waals surface area contributed by atoms with Crippen LogP contribution in [-0.2, 0) is 21.4 Å². The summed E-state index contributed by atoms with van der Waals surface area (Å²) in [6, 6.07) is 5.20. The van der Waals surface area contributed by atoms with Gasteiger partial charge in [0.05, 0.1) is 12.1 Å². The Kier molecular flexibility index (Phi) is 4.53. The first-order valence-corrected chi connectivity index (χ1v) is 8.49. The highest BCUT2D eigenvalue weighted by Crippen LogP contribution is 2.32. The molecular formula is C14H21N3O3S. The summed E-state index contributed by atoms with van der Waals surface area (Å²) >= 11 is 0. The lowest BCUT2D eigenvalue weighted by atomic mass is 10.1. The standard InChI is InChI=1S/C14H21N3O3S/c1-4-10(2)9-17-13-6-5-12(16-21(19,20)15-3)7-11(13)8-14(17)18/h5-7,10,15-16H,4,8-9H2,1-3H3/t10-/m0/s1. The van der Waals surface area contributed by atoms with E-state index in [1.165, 1.54) is 7.05 Å². The van der Waals surface area contributed by atoms with Gasteiger partial charge in [0, 0.05) is 19.3 Å². The first-order valence-electron chi connectivity index (χ1n) is 7.01. The van der Waals surface area contributed by atoms with E-state index in [9.17, 15) is 13.2 Å². The van der Waals surface area contributed by atoms with Crippen molar-refractivity contribution in [2.45, 2.75) is 26.7 Å². The van der Waals surface area contributed by atoms with Crippen molar-refractivity contribution in [2.24, 2.45) is 5.92 Å². The highest BCUT2D eigenvalue weighted by molar-refractivity contribution is 7.90. The Hall–Kier alpha value is -1.60. The molecule has 2 rings (SSSR count). The minimum atomic E-state index is -3.54. The number of amides is 1. The SMILES string of the molecule is CC[C@H](C)CN1C(=O)Cc2cc(NS(=O)(=O)NC)ccc21. The third kappa shape index (κ3) is 3.54. The van der Waals surface area contributed by atoms with Crippen LogP contribution in [0, 0.1) is 5.92 Å². The molecule has 0 aromatic heterocycles. The van der Waals surface area contributed by atoms with E-state index in [0.29, 0.717) is 24.6 Å². The number of fused-ring (bicyclic) bond motifs is 1. The third-order valence-electron chi connectivity index (χ3n) is 3.73. The van der Waals surface area contributed by atoms with E-state index in [-0.39, 0.29) is 5.91 Å². The summed E-state index contributed by atoms with van der Waals surface area (Å²) in [5.74, 6) is 0.501. The van der Waals surface area contributed by atoms with Gasteiger partial charge in [0.25, 0.3) is 10.2 Å². The number of hydrogen-bond acceptors (Lipinski definition) is 3. The number of nitrogens with one attached hydrogen (secondary N) is 2. The zero-order chi connectivity index (χ0) is 15.6. The molecule has 21 heavy (non-hydrogen) atoms. The molecule has 0 radical (unpaired) electrons. The summed E-state index contributed by atoms with van der Waals surface area (Å²) in [7, 11) is -2.20. The van der Waals surface area contributed by atoms with E-state index < -0.39 is 10.2 Å². The van der Waals surface area contributed by atoms with Gasteiger partial charge >= 0.3 is 0 Å². The molecule has 0 saturated heterocycles. The number of hydrogen-bond donors (Lipinski definition) is 2. The summed E-state index contributed by atoms with van der Waals surface area (Å²) in [6.45, 7) is 4.91. The Balaban J connectivity index is 2.23. The normalized spacial score (nSPS) is 16.0. The summed E-state index contributed by atoms with van der Waals surface area (Å²) in [4.78, 5) is 13.9. The summed E-state index contributed by atoms with van der Waals surface area (Å²) < 4.78 is 27.6. The molecule has 116 valence electrons. The third-order valence-corrected chi connectivity index (χ3v) is 4.77. The molecule has 0 unspecified atom stereocenters. The molecule has 0 bridgehead atoms. The molecule has 1 atom stereocenters. The molecule has 7 heteroatoms. The topological polar surface area (TPSA) is 78.5 Å². The van der Waals surface area contributed by atoms with Crippen LogP contribution in [0.1, 0.15) is 25.8 Å². The van der Waals surface area contributed by atoms with Crippen LogP contribution in [0.2, 0.25) is 0 Å². The predicted octanol–water partition coefficient (Wildman–Crippen LogP) is 1.50.